The average Bonchev–Trinajstić information content (AvgIpc) is 3.01. The van der Waals surface area contributed by atoms with Gasteiger partial charge in [-0.3, -0.25) is 0 Å². The van der Waals surface area contributed by atoms with Crippen LogP contribution >= 0.6 is 27.5 Å². The number of halogens is 2. The summed E-state index contributed by atoms with van der Waals surface area (Å²) >= 11 is 9.68. The molecule has 0 amide bonds. The summed E-state index contributed by atoms with van der Waals surface area (Å²) in [6.07, 6.45) is 2.45. The topological polar surface area (TPSA) is 43.4 Å². The van der Waals surface area contributed by atoms with E-state index >= 15 is 0 Å². The maximum Gasteiger partial charge on any atom is 0.150 e. The van der Waals surface area contributed by atoms with Gasteiger partial charge >= 0.3 is 0 Å². The normalized spacial score (nSPS) is 24.6. The standard InChI is InChI=1S/C15H18BrClO3S/c16-14-6-10-1-3-20-15(10)12(7-14)5-13(8-17)11-2-4-21(18,19)9-11/h6-7,11,13H,1-5,8-9H2. The van der Waals surface area contributed by atoms with Gasteiger partial charge in [0.15, 0.2) is 9.84 Å². The maximum atomic E-state index is 11.7. The Balaban J connectivity index is 1.82. The molecule has 2 heterocycles. The number of alkyl halides is 1. The maximum absolute atomic E-state index is 11.7. The molecule has 2 unspecified atom stereocenters. The molecular weight excluding hydrogens is 376 g/mol. The quantitative estimate of drug-likeness (QED) is 0.738. The summed E-state index contributed by atoms with van der Waals surface area (Å²) in [6.45, 7) is 0.724. The third-order valence-corrected chi connectivity index (χ3v) is 7.09. The lowest BCUT2D eigenvalue weighted by molar-refractivity contribution is 0.345. The zero-order chi connectivity index (χ0) is 15.0. The van der Waals surface area contributed by atoms with E-state index in [-0.39, 0.29) is 17.6 Å². The fraction of sp³-hybridized carbons (Fsp3) is 0.600. The third-order valence-electron chi connectivity index (χ3n) is 4.44. The van der Waals surface area contributed by atoms with Crippen LogP contribution in [0.25, 0.3) is 0 Å². The van der Waals surface area contributed by atoms with Gasteiger partial charge in [-0.05, 0) is 47.9 Å². The largest absolute Gasteiger partial charge is 0.493 e. The second-order valence-electron chi connectivity index (χ2n) is 5.93. The first-order valence-electron chi connectivity index (χ1n) is 7.19. The summed E-state index contributed by atoms with van der Waals surface area (Å²) in [5.41, 5.74) is 2.37. The van der Waals surface area contributed by atoms with Crippen LogP contribution in [0, 0.1) is 11.8 Å². The lowest BCUT2D eigenvalue weighted by Gasteiger charge is -2.21. The number of benzene rings is 1. The molecule has 21 heavy (non-hydrogen) atoms. The van der Waals surface area contributed by atoms with Gasteiger partial charge in [0.2, 0.25) is 0 Å². The van der Waals surface area contributed by atoms with E-state index in [1.165, 1.54) is 5.56 Å². The summed E-state index contributed by atoms with van der Waals surface area (Å²) in [5.74, 6) is 2.41. The number of fused-ring (bicyclic) bond motifs is 1. The van der Waals surface area contributed by atoms with E-state index < -0.39 is 9.84 Å². The van der Waals surface area contributed by atoms with Gasteiger partial charge in [0.05, 0.1) is 18.1 Å². The summed E-state index contributed by atoms with van der Waals surface area (Å²) in [6, 6.07) is 4.18. The summed E-state index contributed by atoms with van der Waals surface area (Å²) in [7, 11) is -2.86. The highest BCUT2D eigenvalue weighted by Gasteiger charge is 2.34. The van der Waals surface area contributed by atoms with Crippen molar-refractivity contribution in [1.82, 2.24) is 0 Å². The van der Waals surface area contributed by atoms with Gasteiger partial charge in [0.25, 0.3) is 0 Å². The second kappa shape index (κ2) is 6.09. The minimum atomic E-state index is -2.86. The zero-order valence-electron chi connectivity index (χ0n) is 11.6. The van der Waals surface area contributed by atoms with Crippen LogP contribution in [0.4, 0.5) is 0 Å². The highest BCUT2D eigenvalue weighted by molar-refractivity contribution is 9.10. The molecular formula is C15H18BrClO3S. The van der Waals surface area contributed by atoms with E-state index in [1.807, 2.05) is 0 Å². The van der Waals surface area contributed by atoms with Crippen LogP contribution in [0.2, 0.25) is 0 Å². The Kier molecular flexibility index (Phi) is 4.53. The van der Waals surface area contributed by atoms with E-state index in [4.69, 9.17) is 16.3 Å². The first-order valence-corrected chi connectivity index (χ1v) is 10.3. The average molecular weight is 394 g/mol. The number of sulfone groups is 1. The lowest BCUT2D eigenvalue weighted by atomic mass is 9.87. The third kappa shape index (κ3) is 3.40. The molecule has 0 aliphatic carbocycles. The van der Waals surface area contributed by atoms with E-state index in [9.17, 15) is 8.42 Å². The van der Waals surface area contributed by atoms with Crippen molar-refractivity contribution < 1.29 is 13.2 Å². The zero-order valence-corrected chi connectivity index (χ0v) is 14.8. The molecule has 0 radical (unpaired) electrons. The molecule has 0 spiro atoms. The molecule has 2 aliphatic heterocycles. The lowest BCUT2D eigenvalue weighted by Crippen LogP contribution is -2.20. The smallest absolute Gasteiger partial charge is 0.150 e. The molecule has 2 atom stereocenters. The number of ether oxygens (including phenoxy) is 1. The Morgan fingerprint density at radius 3 is 2.90 bits per heavy atom. The molecule has 6 heteroatoms. The van der Waals surface area contributed by atoms with Crippen LogP contribution in [0.1, 0.15) is 17.5 Å². The van der Waals surface area contributed by atoms with Crippen LogP contribution in [0.3, 0.4) is 0 Å². The molecule has 0 N–H and O–H groups in total. The van der Waals surface area contributed by atoms with E-state index in [0.29, 0.717) is 11.6 Å². The van der Waals surface area contributed by atoms with Crippen molar-refractivity contribution in [2.24, 2.45) is 11.8 Å². The van der Waals surface area contributed by atoms with Crippen LogP contribution in [-0.4, -0.2) is 32.4 Å². The van der Waals surface area contributed by atoms with Crippen molar-refractivity contribution in [2.45, 2.75) is 19.3 Å². The van der Waals surface area contributed by atoms with Gasteiger partial charge in [-0.1, -0.05) is 15.9 Å². The monoisotopic (exact) mass is 392 g/mol. The molecule has 0 saturated carbocycles. The van der Waals surface area contributed by atoms with Gasteiger partial charge in [0.1, 0.15) is 5.75 Å². The number of hydrogen-bond donors (Lipinski definition) is 0. The predicted molar refractivity (Wildman–Crippen MR) is 88.0 cm³/mol. The van der Waals surface area contributed by atoms with E-state index in [0.717, 1.165) is 41.7 Å². The second-order valence-corrected chi connectivity index (χ2v) is 9.39. The van der Waals surface area contributed by atoms with Crippen LogP contribution in [-0.2, 0) is 22.7 Å². The van der Waals surface area contributed by atoms with Gasteiger partial charge in [0, 0.05) is 16.8 Å². The van der Waals surface area contributed by atoms with Crippen molar-refractivity contribution in [2.75, 3.05) is 24.0 Å². The van der Waals surface area contributed by atoms with Crippen LogP contribution < -0.4 is 4.74 Å². The Morgan fingerprint density at radius 2 is 2.24 bits per heavy atom. The Bertz CT molecular complexity index is 645. The number of rotatable bonds is 4. The molecule has 3 nitrogen and oxygen atoms in total. The molecule has 1 fully saturated rings. The molecule has 2 aliphatic rings. The van der Waals surface area contributed by atoms with Crippen LogP contribution in [0.5, 0.6) is 5.75 Å². The minimum Gasteiger partial charge on any atom is -0.493 e. The van der Waals surface area contributed by atoms with Gasteiger partial charge < -0.3 is 4.74 Å². The SMILES string of the molecule is O=S1(=O)CCC(C(CCl)Cc2cc(Br)cc3c2OCC3)C1. The van der Waals surface area contributed by atoms with Crippen molar-refractivity contribution in [3.05, 3.63) is 27.7 Å². The predicted octanol–water partition coefficient (Wildman–Crippen LogP) is 3.22. The first-order chi connectivity index (χ1) is 9.98. The van der Waals surface area contributed by atoms with Gasteiger partial charge in [-0.15, -0.1) is 11.6 Å². The molecule has 1 aromatic rings. The molecule has 3 rings (SSSR count). The number of hydrogen-bond acceptors (Lipinski definition) is 3. The van der Waals surface area contributed by atoms with Gasteiger partial charge in [-0.25, -0.2) is 8.42 Å². The van der Waals surface area contributed by atoms with Crippen molar-refractivity contribution in [3.63, 3.8) is 0 Å². The Morgan fingerprint density at radius 1 is 1.43 bits per heavy atom. The van der Waals surface area contributed by atoms with Gasteiger partial charge in [-0.2, -0.15) is 0 Å². The highest BCUT2D eigenvalue weighted by atomic mass is 79.9. The Hall–Kier alpha value is -0.260. The minimum absolute atomic E-state index is 0.170. The summed E-state index contributed by atoms with van der Waals surface area (Å²) in [5, 5.41) is 0. The Labute approximate surface area is 139 Å². The molecule has 1 saturated heterocycles. The summed E-state index contributed by atoms with van der Waals surface area (Å²) < 4.78 is 30.2. The van der Waals surface area contributed by atoms with Crippen LogP contribution in [0.15, 0.2) is 16.6 Å². The molecule has 116 valence electrons. The molecule has 0 bridgehead atoms. The summed E-state index contributed by atoms with van der Waals surface area (Å²) in [4.78, 5) is 0. The first kappa shape index (κ1) is 15.6. The van der Waals surface area contributed by atoms with E-state index in [1.54, 1.807) is 0 Å². The van der Waals surface area contributed by atoms with Crippen molar-refractivity contribution >= 4 is 37.4 Å². The van der Waals surface area contributed by atoms with E-state index in [2.05, 4.69) is 28.1 Å². The van der Waals surface area contributed by atoms with Crippen molar-refractivity contribution in [1.29, 1.82) is 0 Å². The molecule has 0 aromatic heterocycles. The van der Waals surface area contributed by atoms with Crippen molar-refractivity contribution in [3.8, 4) is 5.75 Å². The molecule has 1 aromatic carbocycles. The fourth-order valence-corrected chi connectivity index (χ4v) is 6.16. The highest BCUT2D eigenvalue weighted by Crippen LogP contribution is 2.37. The fourth-order valence-electron chi connectivity index (χ4n) is 3.32.